The van der Waals surface area contributed by atoms with Gasteiger partial charge in [-0.05, 0) is 25.3 Å². The van der Waals surface area contributed by atoms with E-state index in [4.69, 9.17) is 11.6 Å². The lowest BCUT2D eigenvalue weighted by atomic mass is 10.0. The molecule has 1 unspecified atom stereocenters. The Hall–Kier alpha value is -2.26. The molecule has 0 spiro atoms. The number of fused-ring (bicyclic) bond motifs is 1. The molecule has 10 heteroatoms. The van der Waals surface area contributed by atoms with Gasteiger partial charge in [-0.25, -0.2) is 18.0 Å². The second-order valence-corrected chi connectivity index (χ2v) is 7.93. The maximum Gasteiger partial charge on any atom is 0.341 e. The molecule has 1 aromatic heterocycles. The number of carbonyl (C=O) groups is 1. The smallest absolute Gasteiger partial charge is 0.341 e. The van der Waals surface area contributed by atoms with Crippen molar-refractivity contribution in [1.82, 2.24) is 4.57 Å². The van der Waals surface area contributed by atoms with Gasteiger partial charge in [-0.1, -0.05) is 19.0 Å². The number of halogens is 4. The van der Waals surface area contributed by atoms with Crippen LogP contribution in [0, 0.1) is 11.7 Å². The van der Waals surface area contributed by atoms with Crippen LogP contribution in [0.15, 0.2) is 17.1 Å². The molecule has 30 heavy (non-hydrogen) atoms. The van der Waals surface area contributed by atoms with Crippen molar-refractivity contribution in [3.8, 4) is 0 Å². The first kappa shape index (κ1) is 22.4. The zero-order chi connectivity index (χ0) is 21.0. The molecule has 2 aromatic rings. The summed E-state index contributed by atoms with van der Waals surface area (Å²) in [5.41, 5.74) is -1.09. The van der Waals surface area contributed by atoms with E-state index in [0.29, 0.717) is 0 Å². The molecule has 6 nitrogen and oxygen atoms in total. The van der Waals surface area contributed by atoms with Crippen LogP contribution in [0.3, 0.4) is 0 Å². The van der Waals surface area contributed by atoms with E-state index in [2.05, 4.69) is 0 Å². The van der Waals surface area contributed by atoms with Crippen LogP contribution in [0.25, 0.3) is 10.9 Å². The predicted molar refractivity (Wildman–Crippen MR) is 107 cm³/mol. The maximum atomic E-state index is 14.9. The number of hydrogen-bond acceptors (Lipinski definition) is 4. The molecule has 2 atom stereocenters. The number of anilines is 1. The highest BCUT2D eigenvalue weighted by molar-refractivity contribution is 6.38. The molecule has 0 amide bonds. The second-order valence-electron chi connectivity index (χ2n) is 7.55. The van der Waals surface area contributed by atoms with E-state index in [0.717, 1.165) is 18.9 Å². The summed E-state index contributed by atoms with van der Waals surface area (Å²) in [5, 5.41) is 18.8. The molecule has 1 saturated heterocycles. The Balaban J connectivity index is 0.00000256. The van der Waals surface area contributed by atoms with Gasteiger partial charge in [-0.2, -0.15) is 0 Å². The van der Waals surface area contributed by atoms with E-state index < -0.39 is 41.2 Å². The van der Waals surface area contributed by atoms with Crippen molar-refractivity contribution in [3.63, 3.8) is 0 Å². The molecule has 2 fully saturated rings. The summed E-state index contributed by atoms with van der Waals surface area (Å²) in [7, 11) is 0. The van der Waals surface area contributed by atoms with Crippen molar-refractivity contribution in [3.05, 3.63) is 38.9 Å². The fraction of sp³-hybridized carbons (Fsp3) is 0.500. The number of carboxylic acid groups (broad SMARTS) is 1. The van der Waals surface area contributed by atoms with Crippen LogP contribution >= 0.6 is 11.6 Å². The van der Waals surface area contributed by atoms with Crippen LogP contribution in [-0.2, 0) is 0 Å². The summed E-state index contributed by atoms with van der Waals surface area (Å²) in [4.78, 5) is 25.5. The minimum atomic E-state index is -2.90. The average molecular weight is 447 g/mol. The Kier molecular flexibility index (Phi) is 6.06. The molecular formula is C20H22ClF3N2O4. The van der Waals surface area contributed by atoms with Gasteiger partial charge in [-0.3, -0.25) is 4.79 Å². The van der Waals surface area contributed by atoms with Crippen molar-refractivity contribution < 1.29 is 28.2 Å². The molecule has 2 N–H and O–H groups in total. The number of aromatic nitrogens is 1. The fourth-order valence-electron chi connectivity index (χ4n) is 3.99. The average Bonchev–Trinajstić information content (AvgIpc) is 3.39. The normalized spacial score (nSPS) is 19.9. The molecule has 164 valence electrons. The number of aliphatic hydroxyl groups excluding tert-OH is 1. The van der Waals surface area contributed by atoms with Gasteiger partial charge in [0.05, 0.1) is 21.6 Å². The lowest BCUT2D eigenvalue weighted by molar-refractivity contribution is -0.0334. The fourth-order valence-corrected chi connectivity index (χ4v) is 4.40. The highest BCUT2D eigenvalue weighted by atomic mass is 35.5. The molecule has 2 heterocycles. The summed E-state index contributed by atoms with van der Waals surface area (Å²) in [5.74, 6) is -2.98. The number of benzene rings is 1. The summed E-state index contributed by atoms with van der Waals surface area (Å²) < 4.78 is 42.2. The lowest BCUT2D eigenvalue weighted by Gasteiger charge is -2.24. The molecule has 0 radical (unpaired) electrons. The zero-order valence-electron chi connectivity index (χ0n) is 15.1. The standard InChI is InChI=1S/C19H18ClF3N2O4.CH4/c20-13-14-10(17(27)11(19(28)29)7-25(14)9-1-2-9)5-12(21)15(13)24-4-3-8(6-24)16(26)18(22)23;/h5,7-9,16,18,26H,1-4,6H2,(H,28,29);1H4/t8?,16-;/m0./s1. The Bertz CT molecular complexity index is 1050. The zero-order valence-corrected chi connectivity index (χ0v) is 15.9. The first-order chi connectivity index (χ1) is 13.7. The van der Waals surface area contributed by atoms with Gasteiger partial charge in [0.2, 0.25) is 5.43 Å². The minimum absolute atomic E-state index is 0. The van der Waals surface area contributed by atoms with Crippen LogP contribution < -0.4 is 10.3 Å². The second kappa shape index (κ2) is 8.11. The third kappa shape index (κ3) is 3.65. The number of carboxylic acids is 1. The van der Waals surface area contributed by atoms with Crippen LogP contribution in [-0.4, -0.2) is 46.4 Å². The topological polar surface area (TPSA) is 82.8 Å². The van der Waals surface area contributed by atoms with E-state index in [-0.39, 0.29) is 54.6 Å². The number of hydrogen-bond donors (Lipinski definition) is 2. The number of rotatable bonds is 5. The number of pyridine rings is 1. The van der Waals surface area contributed by atoms with Gasteiger partial charge in [0, 0.05) is 31.2 Å². The highest BCUT2D eigenvalue weighted by Gasteiger charge is 2.36. The molecule has 2 aliphatic rings. The van der Waals surface area contributed by atoms with Crippen LogP contribution in [0.2, 0.25) is 5.02 Å². The van der Waals surface area contributed by atoms with Crippen LogP contribution in [0.4, 0.5) is 18.9 Å². The minimum Gasteiger partial charge on any atom is -0.477 e. The SMILES string of the molecule is C.O=C(O)c1cn(C2CC2)c2c(Cl)c(N3CCC([C@H](O)C(F)F)C3)c(F)cc2c1=O. The first-order valence-electron chi connectivity index (χ1n) is 9.22. The van der Waals surface area contributed by atoms with E-state index in [1.54, 1.807) is 4.57 Å². The molecule has 4 rings (SSSR count). The Labute approximate surface area is 175 Å². The number of nitrogens with zero attached hydrogens (tertiary/aromatic N) is 2. The lowest BCUT2D eigenvalue weighted by Crippen LogP contribution is -2.31. The van der Waals surface area contributed by atoms with Crippen LogP contribution in [0.1, 0.15) is 43.1 Å². The summed E-state index contributed by atoms with van der Waals surface area (Å²) >= 11 is 6.50. The summed E-state index contributed by atoms with van der Waals surface area (Å²) in [6.45, 7) is 0.214. The summed E-state index contributed by atoms with van der Waals surface area (Å²) in [6.07, 6.45) is -1.70. The van der Waals surface area contributed by atoms with E-state index >= 15 is 0 Å². The molecule has 1 saturated carbocycles. The van der Waals surface area contributed by atoms with Gasteiger partial charge in [0.1, 0.15) is 17.5 Å². The van der Waals surface area contributed by atoms with Gasteiger partial charge in [0.15, 0.2) is 0 Å². The van der Waals surface area contributed by atoms with Gasteiger partial charge >= 0.3 is 5.97 Å². The first-order valence-corrected chi connectivity index (χ1v) is 9.59. The van der Waals surface area contributed by atoms with E-state index in [1.807, 2.05) is 0 Å². The van der Waals surface area contributed by atoms with Gasteiger partial charge in [-0.15, -0.1) is 0 Å². The monoisotopic (exact) mass is 446 g/mol. The molecule has 1 aromatic carbocycles. The van der Waals surface area contributed by atoms with Gasteiger partial charge < -0.3 is 19.7 Å². The molecule has 1 aliphatic heterocycles. The van der Waals surface area contributed by atoms with Crippen LogP contribution in [0.5, 0.6) is 0 Å². The molecule has 1 aliphatic carbocycles. The van der Waals surface area contributed by atoms with Crippen molar-refractivity contribution in [2.45, 2.75) is 45.3 Å². The Morgan fingerprint density at radius 2 is 1.93 bits per heavy atom. The van der Waals surface area contributed by atoms with Gasteiger partial charge in [0.25, 0.3) is 6.43 Å². The maximum absolute atomic E-state index is 14.9. The number of alkyl halides is 2. The van der Waals surface area contributed by atoms with Crippen molar-refractivity contribution in [2.75, 3.05) is 18.0 Å². The molecule has 0 bridgehead atoms. The van der Waals surface area contributed by atoms with E-state index in [1.165, 1.54) is 11.1 Å². The third-order valence-corrected chi connectivity index (χ3v) is 5.99. The van der Waals surface area contributed by atoms with Crippen molar-refractivity contribution in [1.29, 1.82) is 0 Å². The Morgan fingerprint density at radius 3 is 2.50 bits per heavy atom. The molecular weight excluding hydrogens is 425 g/mol. The number of aliphatic hydroxyl groups is 1. The Morgan fingerprint density at radius 1 is 1.27 bits per heavy atom. The summed E-state index contributed by atoms with van der Waals surface area (Å²) in [6, 6.07) is 0.917. The van der Waals surface area contributed by atoms with Crippen molar-refractivity contribution >= 4 is 34.2 Å². The largest absolute Gasteiger partial charge is 0.477 e. The third-order valence-electron chi connectivity index (χ3n) is 5.64. The predicted octanol–water partition coefficient (Wildman–Crippen LogP) is 3.92. The van der Waals surface area contributed by atoms with E-state index in [9.17, 15) is 33.0 Å². The number of aromatic carboxylic acids is 1. The van der Waals surface area contributed by atoms with Crippen molar-refractivity contribution in [2.24, 2.45) is 5.92 Å². The highest BCUT2D eigenvalue weighted by Crippen LogP contribution is 2.43. The quantitative estimate of drug-likeness (QED) is 0.727.